The summed E-state index contributed by atoms with van der Waals surface area (Å²) in [6.45, 7) is 5.27. The number of rotatable bonds is 3. The van der Waals surface area contributed by atoms with E-state index < -0.39 is 0 Å². The van der Waals surface area contributed by atoms with Crippen LogP contribution >= 0.6 is 0 Å². The topological polar surface area (TPSA) is 77.0 Å². The summed E-state index contributed by atoms with van der Waals surface area (Å²) in [7, 11) is 0. The molecule has 0 radical (unpaired) electrons. The highest BCUT2D eigenvalue weighted by atomic mass is 16.2. The lowest BCUT2D eigenvalue weighted by atomic mass is 10.0. The first kappa shape index (κ1) is 17.0. The lowest BCUT2D eigenvalue weighted by Crippen LogP contribution is -2.51. The van der Waals surface area contributed by atoms with E-state index in [0.29, 0.717) is 19.6 Å². The van der Waals surface area contributed by atoms with Gasteiger partial charge in [-0.15, -0.1) is 0 Å². The van der Waals surface area contributed by atoms with Gasteiger partial charge in [-0.25, -0.2) is 9.59 Å². The number of carbonyl (C=O) groups excluding carboxylic acids is 2. The molecule has 0 unspecified atom stereocenters. The maximum absolute atomic E-state index is 12.6. The summed E-state index contributed by atoms with van der Waals surface area (Å²) in [5, 5.41) is 5.66. The van der Waals surface area contributed by atoms with Gasteiger partial charge in [-0.3, -0.25) is 4.99 Å². The van der Waals surface area contributed by atoms with Gasteiger partial charge in [0.25, 0.3) is 0 Å². The maximum Gasteiger partial charge on any atom is 0.322 e. The van der Waals surface area contributed by atoms with Crippen LogP contribution in [0.15, 0.2) is 41.7 Å². The Morgan fingerprint density at radius 1 is 1.32 bits per heavy atom. The first-order valence-corrected chi connectivity index (χ1v) is 8.51. The Morgan fingerprint density at radius 2 is 2.08 bits per heavy atom. The Labute approximate surface area is 148 Å². The van der Waals surface area contributed by atoms with Gasteiger partial charge in [0.05, 0.1) is 0 Å². The molecule has 1 aromatic rings. The molecular weight excluding hydrogens is 318 g/mol. The van der Waals surface area contributed by atoms with E-state index in [4.69, 9.17) is 0 Å². The molecule has 2 N–H and O–H groups in total. The zero-order chi connectivity index (χ0) is 17.6. The standard InChI is InChI=1S/C18H23N5O2.H2/c1-19-9-10-20-17(24)22-11-7-15(8-12-22)23-13-6-14-4-2-3-5-16(14)21-18(23)25;/h2-5,9-10,15H,1,6-8,11-13H2,(H,20,24)(H,21,25);1H/b10-9-;. The average Bonchev–Trinajstić information content (AvgIpc) is 2.80. The number of carbonyl (C=O) groups is 2. The molecule has 0 aliphatic carbocycles. The van der Waals surface area contributed by atoms with E-state index in [2.05, 4.69) is 28.4 Å². The number of aliphatic imine (C=N–C) groups is 1. The number of benzene rings is 1. The van der Waals surface area contributed by atoms with E-state index in [9.17, 15) is 9.59 Å². The van der Waals surface area contributed by atoms with Gasteiger partial charge in [-0.05, 0) is 37.6 Å². The Morgan fingerprint density at radius 3 is 2.84 bits per heavy atom. The second kappa shape index (κ2) is 7.83. The molecule has 1 aromatic carbocycles. The van der Waals surface area contributed by atoms with Gasteiger partial charge in [0.2, 0.25) is 0 Å². The predicted octanol–water partition coefficient (Wildman–Crippen LogP) is 2.67. The predicted molar refractivity (Wildman–Crippen MR) is 99.8 cm³/mol. The Balaban J connectivity index is 0.00000243. The Hall–Kier alpha value is -2.83. The van der Waals surface area contributed by atoms with E-state index in [1.807, 2.05) is 23.1 Å². The molecule has 0 saturated carbocycles. The van der Waals surface area contributed by atoms with Crippen molar-refractivity contribution in [2.75, 3.05) is 25.0 Å². The number of hydrogen-bond acceptors (Lipinski definition) is 3. The summed E-state index contributed by atoms with van der Waals surface area (Å²) < 4.78 is 0. The van der Waals surface area contributed by atoms with Crippen molar-refractivity contribution in [3.63, 3.8) is 0 Å². The summed E-state index contributed by atoms with van der Waals surface area (Å²) in [4.78, 5) is 31.8. The van der Waals surface area contributed by atoms with Crippen LogP contribution < -0.4 is 10.6 Å². The van der Waals surface area contributed by atoms with Crippen molar-refractivity contribution in [1.82, 2.24) is 15.1 Å². The smallest absolute Gasteiger partial charge is 0.322 e. The van der Waals surface area contributed by atoms with Crippen LogP contribution in [0.1, 0.15) is 19.8 Å². The number of likely N-dealkylation sites (tertiary alicyclic amines) is 1. The summed E-state index contributed by atoms with van der Waals surface area (Å²) in [6.07, 6.45) is 5.31. The minimum Gasteiger partial charge on any atom is -0.324 e. The van der Waals surface area contributed by atoms with Gasteiger partial charge in [0.15, 0.2) is 0 Å². The summed E-state index contributed by atoms with van der Waals surface area (Å²) in [5.41, 5.74) is 2.06. The quantitative estimate of drug-likeness (QED) is 0.828. The third kappa shape index (κ3) is 3.99. The van der Waals surface area contributed by atoms with E-state index in [-0.39, 0.29) is 19.5 Å². The molecule has 7 heteroatoms. The number of urea groups is 2. The van der Waals surface area contributed by atoms with Gasteiger partial charge in [-0.1, -0.05) is 18.2 Å². The molecule has 4 amide bonds. The van der Waals surface area contributed by atoms with Crippen molar-refractivity contribution in [1.29, 1.82) is 0 Å². The number of para-hydroxylation sites is 1. The van der Waals surface area contributed by atoms with Crippen LogP contribution in [0.3, 0.4) is 0 Å². The summed E-state index contributed by atoms with van der Waals surface area (Å²) >= 11 is 0. The fraction of sp³-hybridized carbons (Fsp3) is 0.389. The highest BCUT2D eigenvalue weighted by molar-refractivity contribution is 5.91. The van der Waals surface area contributed by atoms with Crippen LogP contribution in [0, 0.1) is 0 Å². The SMILES string of the molecule is C=N/C=C\NC(=O)N1CCC(N2CCc3ccccc3NC2=O)CC1.[HH]. The molecular formula is C18H25N5O2. The number of anilines is 1. The second-order valence-corrected chi connectivity index (χ2v) is 6.20. The molecule has 3 rings (SSSR count). The first-order chi connectivity index (χ1) is 12.2. The number of nitrogens with zero attached hydrogens (tertiary/aromatic N) is 3. The molecule has 7 nitrogen and oxygen atoms in total. The zero-order valence-corrected chi connectivity index (χ0v) is 14.1. The summed E-state index contributed by atoms with van der Waals surface area (Å²) in [5.74, 6) is 0. The van der Waals surface area contributed by atoms with Crippen molar-refractivity contribution in [2.24, 2.45) is 4.99 Å². The molecule has 0 aromatic heterocycles. The Bertz CT molecular complexity index is 686. The molecule has 2 aliphatic rings. The van der Waals surface area contributed by atoms with Crippen molar-refractivity contribution < 1.29 is 11.0 Å². The minimum absolute atomic E-state index is 0. The van der Waals surface area contributed by atoms with E-state index in [1.54, 1.807) is 4.90 Å². The molecule has 1 saturated heterocycles. The van der Waals surface area contributed by atoms with Crippen LogP contribution in [0.25, 0.3) is 0 Å². The third-order valence-electron chi connectivity index (χ3n) is 4.72. The monoisotopic (exact) mass is 343 g/mol. The number of nitrogens with one attached hydrogen (secondary N) is 2. The largest absolute Gasteiger partial charge is 0.324 e. The molecule has 134 valence electrons. The molecule has 0 atom stereocenters. The van der Waals surface area contributed by atoms with Crippen molar-refractivity contribution in [3.05, 3.63) is 42.2 Å². The van der Waals surface area contributed by atoms with Gasteiger partial charge in [-0.2, -0.15) is 0 Å². The van der Waals surface area contributed by atoms with Crippen molar-refractivity contribution in [2.45, 2.75) is 25.3 Å². The van der Waals surface area contributed by atoms with Crippen molar-refractivity contribution in [3.8, 4) is 0 Å². The molecule has 0 bridgehead atoms. The minimum atomic E-state index is -0.147. The third-order valence-corrected chi connectivity index (χ3v) is 4.72. The summed E-state index contributed by atoms with van der Waals surface area (Å²) in [6, 6.07) is 7.88. The molecule has 0 spiro atoms. The molecule has 2 heterocycles. The van der Waals surface area contributed by atoms with Gasteiger partial charge < -0.3 is 20.4 Å². The van der Waals surface area contributed by atoms with Gasteiger partial charge in [0, 0.05) is 45.2 Å². The number of amides is 4. The highest BCUT2D eigenvalue weighted by Gasteiger charge is 2.31. The fourth-order valence-corrected chi connectivity index (χ4v) is 3.37. The fourth-order valence-electron chi connectivity index (χ4n) is 3.37. The average molecular weight is 343 g/mol. The van der Waals surface area contributed by atoms with Gasteiger partial charge in [0.1, 0.15) is 0 Å². The van der Waals surface area contributed by atoms with Crippen LogP contribution in [0.2, 0.25) is 0 Å². The Kier molecular flexibility index (Phi) is 5.33. The van der Waals surface area contributed by atoms with Crippen LogP contribution in [-0.2, 0) is 6.42 Å². The number of hydrogen-bond donors (Lipinski definition) is 2. The molecule has 2 aliphatic heterocycles. The lowest BCUT2D eigenvalue weighted by molar-refractivity contribution is 0.136. The van der Waals surface area contributed by atoms with E-state index in [0.717, 1.165) is 30.5 Å². The maximum atomic E-state index is 12.6. The van der Waals surface area contributed by atoms with Gasteiger partial charge >= 0.3 is 12.1 Å². The molecule has 25 heavy (non-hydrogen) atoms. The number of fused-ring (bicyclic) bond motifs is 1. The van der Waals surface area contributed by atoms with Crippen LogP contribution in [0.4, 0.5) is 15.3 Å². The normalized spacial score (nSPS) is 18.5. The second-order valence-electron chi connectivity index (χ2n) is 6.20. The zero-order valence-electron chi connectivity index (χ0n) is 14.1. The number of piperidine rings is 1. The van der Waals surface area contributed by atoms with Crippen molar-refractivity contribution >= 4 is 24.5 Å². The first-order valence-electron chi connectivity index (χ1n) is 8.51. The van der Waals surface area contributed by atoms with Crippen LogP contribution in [-0.4, -0.2) is 54.3 Å². The van der Waals surface area contributed by atoms with E-state index >= 15 is 0 Å². The lowest BCUT2D eigenvalue weighted by Gasteiger charge is -2.37. The van der Waals surface area contributed by atoms with Crippen LogP contribution in [0.5, 0.6) is 0 Å². The highest BCUT2D eigenvalue weighted by Crippen LogP contribution is 2.24. The molecule has 1 fully saturated rings. The van der Waals surface area contributed by atoms with E-state index in [1.165, 1.54) is 12.4 Å².